The van der Waals surface area contributed by atoms with Crippen LogP contribution < -0.4 is 9.47 Å². The number of ether oxygens (including phenoxy) is 3. The topological polar surface area (TPSA) is 77.4 Å². The second-order valence-electron chi connectivity index (χ2n) is 6.37. The van der Waals surface area contributed by atoms with E-state index in [0.29, 0.717) is 50.0 Å². The summed E-state index contributed by atoms with van der Waals surface area (Å²) in [6, 6.07) is 10.0. The zero-order valence-electron chi connectivity index (χ0n) is 17.5. The van der Waals surface area contributed by atoms with Crippen molar-refractivity contribution >= 4 is 52.2 Å². The Balaban J connectivity index is 1.88. The van der Waals surface area contributed by atoms with Gasteiger partial charge in [-0.3, -0.25) is 9.69 Å². The number of esters is 1. The lowest BCUT2D eigenvalue weighted by molar-refractivity contribution is -0.121. The zero-order chi connectivity index (χ0) is 22.5. The SMILES string of the molecule is CCOc1cc(Cl)c(/C=C2\SC(=Nc3ccc(C(=O)OC)cc3)N(C)C2=O)cc1OC. The Labute approximate surface area is 189 Å². The number of methoxy groups -OCH3 is 2. The fourth-order valence-corrected chi connectivity index (χ4v) is 3.97. The summed E-state index contributed by atoms with van der Waals surface area (Å²) in [7, 11) is 4.52. The van der Waals surface area contributed by atoms with Gasteiger partial charge in [-0.05, 0) is 60.7 Å². The Morgan fingerprint density at radius 3 is 2.52 bits per heavy atom. The van der Waals surface area contributed by atoms with Crippen molar-refractivity contribution in [1.82, 2.24) is 4.90 Å². The van der Waals surface area contributed by atoms with E-state index in [1.807, 2.05) is 6.92 Å². The maximum atomic E-state index is 12.7. The fourth-order valence-electron chi connectivity index (χ4n) is 2.78. The molecule has 3 rings (SSSR count). The van der Waals surface area contributed by atoms with Gasteiger partial charge >= 0.3 is 5.97 Å². The lowest BCUT2D eigenvalue weighted by atomic mass is 10.1. The molecular weight excluding hydrogens is 440 g/mol. The van der Waals surface area contributed by atoms with Crippen LogP contribution in [-0.2, 0) is 9.53 Å². The number of likely N-dealkylation sites (N-methyl/N-ethyl adjacent to an activating group) is 1. The summed E-state index contributed by atoms with van der Waals surface area (Å²) in [6.45, 7) is 2.35. The first-order chi connectivity index (χ1) is 14.9. The second-order valence-corrected chi connectivity index (χ2v) is 7.78. The number of hydrogen-bond donors (Lipinski definition) is 0. The summed E-state index contributed by atoms with van der Waals surface area (Å²) >= 11 is 7.63. The number of hydrogen-bond acceptors (Lipinski definition) is 7. The van der Waals surface area contributed by atoms with Crippen LogP contribution in [0.3, 0.4) is 0 Å². The van der Waals surface area contributed by atoms with E-state index in [4.69, 9.17) is 25.8 Å². The molecule has 1 fully saturated rings. The smallest absolute Gasteiger partial charge is 0.337 e. The molecule has 9 heteroatoms. The summed E-state index contributed by atoms with van der Waals surface area (Å²) < 4.78 is 15.6. The predicted molar refractivity (Wildman–Crippen MR) is 122 cm³/mol. The normalized spacial score (nSPS) is 16.2. The number of carbonyl (C=O) groups excluding carboxylic acids is 2. The highest BCUT2D eigenvalue weighted by atomic mass is 35.5. The molecule has 1 saturated heterocycles. The van der Waals surface area contributed by atoms with Crippen molar-refractivity contribution in [3.05, 3.63) is 57.5 Å². The first-order valence-electron chi connectivity index (χ1n) is 9.33. The third-order valence-corrected chi connectivity index (χ3v) is 5.77. The minimum atomic E-state index is -0.422. The molecule has 2 aromatic carbocycles. The molecule has 0 atom stereocenters. The highest BCUT2D eigenvalue weighted by Gasteiger charge is 2.30. The Kier molecular flexibility index (Phi) is 7.25. The van der Waals surface area contributed by atoms with Gasteiger partial charge < -0.3 is 14.2 Å². The molecule has 31 heavy (non-hydrogen) atoms. The van der Waals surface area contributed by atoms with E-state index in [2.05, 4.69) is 4.99 Å². The van der Waals surface area contributed by atoms with Crippen LogP contribution in [0.1, 0.15) is 22.8 Å². The average Bonchev–Trinajstić information content (AvgIpc) is 3.03. The predicted octanol–water partition coefficient (Wildman–Crippen LogP) is 4.77. The van der Waals surface area contributed by atoms with Crippen LogP contribution in [0.15, 0.2) is 46.3 Å². The molecule has 1 amide bonds. The quantitative estimate of drug-likeness (QED) is 0.456. The van der Waals surface area contributed by atoms with Crippen molar-refractivity contribution in [2.45, 2.75) is 6.92 Å². The first-order valence-corrected chi connectivity index (χ1v) is 10.5. The third kappa shape index (κ3) is 5.03. The summed E-state index contributed by atoms with van der Waals surface area (Å²) in [6.07, 6.45) is 1.70. The van der Waals surface area contributed by atoms with E-state index in [-0.39, 0.29) is 5.91 Å². The standard InChI is InChI=1S/C22H21ClN2O5S/c1-5-30-18-12-16(23)14(10-17(18)28-3)11-19-20(26)25(2)22(31-19)24-15-8-6-13(7-9-15)21(27)29-4/h6-12H,5H2,1-4H3/b19-11-,24-22?. The van der Waals surface area contributed by atoms with Crippen LogP contribution in [0.4, 0.5) is 5.69 Å². The minimum Gasteiger partial charge on any atom is -0.493 e. The molecule has 0 spiro atoms. The second kappa shape index (κ2) is 9.89. The number of carbonyl (C=O) groups is 2. The van der Waals surface area contributed by atoms with Crippen LogP contribution in [-0.4, -0.2) is 49.8 Å². The van der Waals surface area contributed by atoms with Gasteiger partial charge in [0.15, 0.2) is 16.7 Å². The molecule has 1 aliphatic heterocycles. The molecule has 0 aromatic heterocycles. The van der Waals surface area contributed by atoms with Crippen LogP contribution in [0.5, 0.6) is 11.5 Å². The molecule has 1 heterocycles. The fraction of sp³-hybridized carbons (Fsp3) is 0.227. The van der Waals surface area contributed by atoms with E-state index in [1.54, 1.807) is 56.6 Å². The van der Waals surface area contributed by atoms with Crippen molar-refractivity contribution in [3.63, 3.8) is 0 Å². The summed E-state index contributed by atoms with van der Waals surface area (Å²) in [5, 5.41) is 0.952. The van der Waals surface area contributed by atoms with E-state index in [9.17, 15) is 9.59 Å². The molecule has 0 unspecified atom stereocenters. The van der Waals surface area contributed by atoms with Crippen molar-refractivity contribution in [2.24, 2.45) is 4.99 Å². The molecule has 0 radical (unpaired) electrons. The number of amidine groups is 1. The third-order valence-electron chi connectivity index (χ3n) is 4.39. The Hall–Kier alpha value is -2.97. The van der Waals surface area contributed by atoms with Crippen LogP contribution in [0, 0.1) is 0 Å². The number of rotatable bonds is 6. The maximum Gasteiger partial charge on any atom is 0.337 e. The minimum absolute atomic E-state index is 0.196. The van der Waals surface area contributed by atoms with Crippen molar-refractivity contribution in [3.8, 4) is 11.5 Å². The number of nitrogens with zero attached hydrogens (tertiary/aromatic N) is 2. The lowest BCUT2D eigenvalue weighted by Crippen LogP contribution is -2.23. The number of benzene rings is 2. The van der Waals surface area contributed by atoms with Gasteiger partial charge in [0.2, 0.25) is 0 Å². The molecule has 2 aromatic rings. The number of thioether (sulfide) groups is 1. The maximum absolute atomic E-state index is 12.7. The summed E-state index contributed by atoms with van der Waals surface area (Å²) in [4.78, 5) is 30.7. The first kappa shape index (κ1) is 22.7. The summed E-state index contributed by atoms with van der Waals surface area (Å²) in [5.41, 5.74) is 1.67. The van der Waals surface area contributed by atoms with Gasteiger partial charge in [-0.15, -0.1) is 0 Å². The van der Waals surface area contributed by atoms with Crippen molar-refractivity contribution < 1.29 is 23.8 Å². The number of aliphatic imine (C=N–C) groups is 1. The van der Waals surface area contributed by atoms with Gasteiger partial charge in [0, 0.05) is 13.1 Å². The van der Waals surface area contributed by atoms with Crippen molar-refractivity contribution in [1.29, 1.82) is 0 Å². The number of halogens is 1. The highest BCUT2D eigenvalue weighted by Crippen LogP contribution is 2.38. The molecule has 1 aliphatic rings. The molecule has 162 valence electrons. The van der Waals surface area contributed by atoms with Crippen LogP contribution in [0.2, 0.25) is 5.02 Å². The van der Waals surface area contributed by atoms with Crippen molar-refractivity contribution in [2.75, 3.05) is 27.9 Å². The van der Waals surface area contributed by atoms with Gasteiger partial charge in [0.1, 0.15) is 0 Å². The van der Waals surface area contributed by atoms with Gasteiger partial charge in [-0.1, -0.05) is 11.6 Å². The average molecular weight is 461 g/mol. The monoisotopic (exact) mass is 460 g/mol. The van der Waals surface area contributed by atoms with Gasteiger partial charge in [0.05, 0.1) is 42.0 Å². The zero-order valence-corrected chi connectivity index (χ0v) is 19.0. The van der Waals surface area contributed by atoms with E-state index in [1.165, 1.54) is 23.8 Å². The van der Waals surface area contributed by atoms with E-state index >= 15 is 0 Å². The van der Waals surface area contributed by atoms with E-state index in [0.717, 1.165) is 0 Å². The molecule has 0 bridgehead atoms. The number of amides is 1. The molecule has 0 N–H and O–H groups in total. The Bertz CT molecular complexity index is 1070. The van der Waals surface area contributed by atoms with Gasteiger partial charge in [0.25, 0.3) is 5.91 Å². The highest BCUT2D eigenvalue weighted by molar-refractivity contribution is 8.18. The lowest BCUT2D eigenvalue weighted by Gasteiger charge is -2.11. The molecular formula is C22H21ClN2O5S. The van der Waals surface area contributed by atoms with Gasteiger partial charge in [-0.25, -0.2) is 9.79 Å². The summed E-state index contributed by atoms with van der Waals surface area (Å²) in [5.74, 6) is 0.451. The molecule has 0 aliphatic carbocycles. The van der Waals surface area contributed by atoms with Gasteiger partial charge in [-0.2, -0.15) is 0 Å². The molecule has 7 nitrogen and oxygen atoms in total. The Morgan fingerprint density at radius 2 is 1.90 bits per heavy atom. The van der Waals surface area contributed by atoms with E-state index < -0.39 is 5.97 Å². The van der Waals surface area contributed by atoms with Crippen LogP contribution in [0.25, 0.3) is 6.08 Å². The van der Waals surface area contributed by atoms with Crippen LogP contribution >= 0.6 is 23.4 Å². The Morgan fingerprint density at radius 1 is 1.19 bits per heavy atom. The largest absolute Gasteiger partial charge is 0.493 e. The molecule has 0 saturated carbocycles.